The van der Waals surface area contributed by atoms with Gasteiger partial charge in [0, 0.05) is 18.5 Å². The van der Waals surface area contributed by atoms with Gasteiger partial charge in [0.1, 0.15) is 11.9 Å². The fourth-order valence-electron chi connectivity index (χ4n) is 5.29. The molecule has 0 aromatic heterocycles. The Morgan fingerprint density at radius 1 is 1.17 bits per heavy atom. The van der Waals surface area contributed by atoms with Crippen molar-refractivity contribution in [2.24, 2.45) is 17.8 Å². The summed E-state index contributed by atoms with van der Waals surface area (Å²) in [6, 6.07) is 6.21. The lowest BCUT2D eigenvalue weighted by Crippen LogP contribution is -2.64. The van der Waals surface area contributed by atoms with Gasteiger partial charge in [-0.15, -0.1) is 0 Å². The predicted molar refractivity (Wildman–Crippen MR) is 111 cm³/mol. The Balaban J connectivity index is 1.49. The number of carbonyl (C=O) groups is 2. The summed E-state index contributed by atoms with van der Waals surface area (Å²) in [4.78, 5) is 28.3. The molecule has 1 heterocycles. The molecule has 2 aliphatic carbocycles. The molecule has 1 aliphatic heterocycles. The van der Waals surface area contributed by atoms with E-state index in [1.54, 1.807) is 12.1 Å². The number of piperazine rings is 1. The van der Waals surface area contributed by atoms with Crippen molar-refractivity contribution < 1.29 is 14.0 Å². The summed E-state index contributed by atoms with van der Waals surface area (Å²) in [6.45, 7) is 4.84. The average Bonchev–Trinajstić information content (AvgIpc) is 3.50. The van der Waals surface area contributed by atoms with Crippen molar-refractivity contribution in [3.63, 3.8) is 0 Å². The summed E-state index contributed by atoms with van der Waals surface area (Å²) in [6.07, 6.45) is 7.49. The molecule has 4 atom stereocenters. The normalized spacial score (nSPS) is 30.3. The van der Waals surface area contributed by atoms with Crippen LogP contribution in [-0.2, 0) is 9.59 Å². The minimum Gasteiger partial charge on any atom is -0.350 e. The second kappa shape index (κ2) is 8.45. The number of halogens is 1. The molecule has 4 unspecified atom stereocenters. The molecule has 3 fully saturated rings. The summed E-state index contributed by atoms with van der Waals surface area (Å²) in [5.74, 6) is 0.786. The molecular weight excluding hydrogens is 367 g/mol. The molecule has 0 bridgehead atoms. The summed E-state index contributed by atoms with van der Waals surface area (Å²) in [7, 11) is 0. The van der Waals surface area contributed by atoms with Crippen LogP contribution in [0.1, 0.15) is 70.3 Å². The van der Waals surface area contributed by atoms with Gasteiger partial charge in [0.15, 0.2) is 0 Å². The Bertz CT molecular complexity index is 742. The van der Waals surface area contributed by atoms with Gasteiger partial charge in [-0.3, -0.25) is 9.59 Å². The molecule has 2 amide bonds. The van der Waals surface area contributed by atoms with Crippen molar-refractivity contribution in [3.05, 3.63) is 35.6 Å². The second-order valence-electron chi connectivity index (χ2n) is 9.65. The van der Waals surface area contributed by atoms with Crippen molar-refractivity contribution in [2.75, 3.05) is 6.54 Å². The van der Waals surface area contributed by atoms with Crippen LogP contribution in [0.25, 0.3) is 0 Å². The van der Waals surface area contributed by atoms with Crippen LogP contribution in [0.4, 0.5) is 4.39 Å². The summed E-state index contributed by atoms with van der Waals surface area (Å²) < 4.78 is 13.2. The molecule has 4 nitrogen and oxygen atoms in total. The van der Waals surface area contributed by atoms with Crippen molar-refractivity contribution >= 4 is 11.8 Å². The molecule has 2 saturated carbocycles. The third-order valence-electron chi connectivity index (χ3n) is 7.00. The molecular formula is C24H33FN2O2. The van der Waals surface area contributed by atoms with Crippen LogP contribution in [0.5, 0.6) is 0 Å². The van der Waals surface area contributed by atoms with Gasteiger partial charge in [0.25, 0.3) is 0 Å². The first-order chi connectivity index (χ1) is 13.9. The van der Waals surface area contributed by atoms with Crippen molar-refractivity contribution in [3.8, 4) is 0 Å². The molecule has 0 spiro atoms. The minimum atomic E-state index is -0.364. The molecule has 29 heavy (non-hydrogen) atoms. The van der Waals surface area contributed by atoms with E-state index in [-0.39, 0.29) is 41.6 Å². The lowest BCUT2D eigenvalue weighted by molar-refractivity contribution is -0.147. The maximum Gasteiger partial charge on any atom is 0.243 e. The third-order valence-corrected chi connectivity index (χ3v) is 7.00. The zero-order valence-corrected chi connectivity index (χ0v) is 17.6. The molecule has 1 saturated heterocycles. The van der Waals surface area contributed by atoms with Crippen LogP contribution in [0.2, 0.25) is 0 Å². The number of hydrogen-bond acceptors (Lipinski definition) is 2. The second-order valence-corrected chi connectivity index (χ2v) is 9.65. The largest absolute Gasteiger partial charge is 0.350 e. The van der Waals surface area contributed by atoms with Gasteiger partial charge in [-0.25, -0.2) is 4.39 Å². The maximum absolute atomic E-state index is 13.4. The Labute approximate surface area is 173 Å². The van der Waals surface area contributed by atoms with E-state index in [9.17, 15) is 14.0 Å². The van der Waals surface area contributed by atoms with Crippen molar-refractivity contribution in [1.82, 2.24) is 10.2 Å². The minimum absolute atomic E-state index is 0.0212. The topological polar surface area (TPSA) is 49.4 Å². The van der Waals surface area contributed by atoms with E-state index < -0.39 is 0 Å². The first-order valence-corrected chi connectivity index (χ1v) is 11.3. The highest BCUT2D eigenvalue weighted by Gasteiger charge is 2.49. The Morgan fingerprint density at radius 3 is 2.52 bits per heavy atom. The van der Waals surface area contributed by atoms with E-state index in [1.807, 2.05) is 4.90 Å². The number of hydrogen-bond donors (Lipinski definition) is 1. The van der Waals surface area contributed by atoms with Crippen LogP contribution < -0.4 is 5.32 Å². The number of carbonyl (C=O) groups excluding carboxylic acids is 2. The number of benzene rings is 1. The molecule has 3 aliphatic rings. The van der Waals surface area contributed by atoms with Gasteiger partial charge >= 0.3 is 0 Å². The van der Waals surface area contributed by atoms with Crippen molar-refractivity contribution in [1.29, 1.82) is 0 Å². The monoisotopic (exact) mass is 400 g/mol. The van der Waals surface area contributed by atoms with Crippen molar-refractivity contribution in [2.45, 2.75) is 76.8 Å². The summed E-state index contributed by atoms with van der Waals surface area (Å²) >= 11 is 0. The molecule has 0 radical (unpaired) electrons. The maximum atomic E-state index is 13.4. The number of nitrogens with one attached hydrogen (secondary N) is 1. The van der Waals surface area contributed by atoms with Crippen LogP contribution in [0.3, 0.4) is 0 Å². The molecule has 4 rings (SSSR count). The number of nitrogens with zero attached hydrogens (tertiary/aromatic N) is 1. The van der Waals surface area contributed by atoms with E-state index in [2.05, 4.69) is 19.2 Å². The quantitative estimate of drug-likeness (QED) is 0.803. The number of rotatable bonds is 5. The smallest absolute Gasteiger partial charge is 0.243 e. The van der Waals surface area contributed by atoms with Crippen LogP contribution in [-0.4, -0.2) is 35.3 Å². The van der Waals surface area contributed by atoms with Gasteiger partial charge in [-0.2, -0.15) is 0 Å². The zero-order chi connectivity index (χ0) is 20.5. The molecule has 158 valence electrons. The van der Waals surface area contributed by atoms with Crippen LogP contribution in [0.15, 0.2) is 24.3 Å². The molecule has 1 N–H and O–H groups in total. The third kappa shape index (κ3) is 4.49. The van der Waals surface area contributed by atoms with Gasteiger partial charge in [-0.05, 0) is 61.1 Å². The average molecular weight is 401 g/mol. The highest BCUT2D eigenvalue weighted by molar-refractivity contribution is 5.91. The first-order valence-electron chi connectivity index (χ1n) is 11.3. The van der Waals surface area contributed by atoms with E-state index in [4.69, 9.17) is 0 Å². The fourth-order valence-corrected chi connectivity index (χ4v) is 5.29. The first kappa shape index (κ1) is 20.4. The van der Waals surface area contributed by atoms with E-state index in [0.717, 1.165) is 24.8 Å². The predicted octanol–water partition coefficient (Wildman–Crippen LogP) is 4.25. The Kier molecular flexibility index (Phi) is 5.93. The highest BCUT2D eigenvalue weighted by atomic mass is 19.1. The standard InChI is InChI=1S/C24H33FN2O2/c1-15(2)12-22-23(28)26-21(17-6-4-3-5-7-17)14-27(22)24(29)20-13-19(20)16-8-10-18(25)11-9-16/h8-11,15,17,19-22H,3-7,12-14H2,1-2H3,(H,26,28). The molecule has 5 heteroatoms. The van der Waals surface area contributed by atoms with E-state index >= 15 is 0 Å². The fraction of sp³-hybridized carbons (Fsp3) is 0.667. The lowest BCUT2D eigenvalue weighted by Gasteiger charge is -2.43. The van der Waals surface area contributed by atoms with E-state index in [0.29, 0.717) is 24.8 Å². The van der Waals surface area contributed by atoms with Gasteiger partial charge < -0.3 is 10.2 Å². The van der Waals surface area contributed by atoms with E-state index in [1.165, 1.54) is 31.4 Å². The lowest BCUT2D eigenvalue weighted by atomic mass is 9.82. The van der Waals surface area contributed by atoms with Gasteiger partial charge in [0.2, 0.25) is 11.8 Å². The molecule has 1 aromatic carbocycles. The Hall–Kier alpha value is -1.91. The van der Waals surface area contributed by atoms with Gasteiger partial charge in [-0.1, -0.05) is 45.2 Å². The van der Waals surface area contributed by atoms with Crippen LogP contribution >= 0.6 is 0 Å². The SMILES string of the molecule is CC(C)CC1C(=O)NC(C2CCCCC2)CN1C(=O)C1CC1c1ccc(F)cc1. The molecule has 1 aromatic rings. The highest BCUT2D eigenvalue weighted by Crippen LogP contribution is 2.49. The zero-order valence-electron chi connectivity index (χ0n) is 17.6. The Morgan fingerprint density at radius 2 is 1.86 bits per heavy atom. The van der Waals surface area contributed by atoms with Crippen LogP contribution in [0, 0.1) is 23.6 Å². The number of amides is 2. The summed E-state index contributed by atoms with van der Waals surface area (Å²) in [5.41, 5.74) is 1.02. The van der Waals surface area contributed by atoms with Gasteiger partial charge in [0.05, 0.1) is 0 Å². The summed E-state index contributed by atoms with van der Waals surface area (Å²) in [5, 5.41) is 3.26.